The molecule has 1 aliphatic heterocycles. The van der Waals surface area contributed by atoms with E-state index in [1.165, 1.54) is 6.20 Å². The molecule has 134 valence electrons. The third kappa shape index (κ3) is 4.11. The highest BCUT2D eigenvalue weighted by Crippen LogP contribution is 2.24. The SMILES string of the molecule is CC(C)c1noc(CCC(=O)N2CCO[C@@H](c3nccnc3N)C2)n1. The van der Waals surface area contributed by atoms with Crippen LogP contribution in [0.25, 0.3) is 0 Å². The molecule has 3 rings (SSSR count). The first-order valence-corrected chi connectivity index (χ1v) is 8.33. The predicted octanol–water partition coefficient (Wildman–Crippen LogP) is 1.10. The number of nitrogens with two attached hydrogens (primary N) is 1. The highest BCUT2D eigenvalue weighted by molar-refractivity contribution is 5.76. The van der Waals surface area contributed by atoms with Gasteiger partial charge in [0.1, 0.15) is 17.6 Å². The number of anilines is 1. The topological polar surface area (TPSA) is 120 Å². The fourth-order valence-electron chi connectivity index (χ4n) is 2.62. The van der Waals surface area contributed by atoms with Gasteiger partial charge in [0.15, 0.2) is 5.82 Å². The van der Waals surface area contributed by atoms with Crippen LogP contribution >= 0.6 is 0 Å². The van der Waals surface area contributed by atoms with E-state index in [0.717, 1.165) is 0 Å². The Morgan fingerprint density at radius 1 is 1.40 bits per heavy atom. The molecule has 1 saturated heterocycles. The lowest BCUT2D eigenvalue weighted by molar-refractivity contribution is -0.139. The number of aryl methyl sites for hydroxylation is 1. The van der Waals surface area contributed by atoms with Crippen LogP contribution < -0.4 is 5.73 Å². The maximum absolute atomic E-state index is 12.5. The smallest absolute Gasteiger partial charge is 0.227 e. The van der Waals surface area contributed by atoms with Gasteiger partial charge < -0.3 is 19.9 Å². The Bertz CT molecular complexity index is 732. The molecular formula is C16H22N6O3. The minimum absolute atomic E-state index is 0.0139. The van der Waals surface area contributed by atoms with Crippen molar-refractivity contribution in [3.63, 3.8) is 0 Å². The van der Waals surface area contributed by atoms with Crippen LogP contribution in [0, 0.1) is 0 Å². The zero-order valence-corrected chi connectivity index (χ0v) is 14.4. The standard InChI is InChI=1S/C16H22N6O3/c1-10(2)16-20-12(25-21-16)3-4-13(23)22-7-8-24-11(9-22)14-15(17)19-6-5-18-14/h5-6,10-11H,3-4,7-9H2,1-2H3,(H2,17,19)/t11-/m1/s1. The predicted molar refractivity (Wildman–Crippen MR) is 88.4 cm³/mol. The van der Waals surface area contributed by atoms with Crippen LogP contribution in [-0.4, -0.2) is 50.6 Å². The van der Waals surface area contributed by atoms with E-state index in [1.54, 1.807) is 11.1 Å². The number of aromatic nitrogens is 4. The minimum Gasteiger partial charge on any atom is -0.382 e. The molecule has 0 aromatic carbocycles. The van der Waals surface area contributed by atoms with Gasteiger partial charge in [-0.2, -0.15) is 4.98 Å². The summed E-state index contributed by atoms with van der Waals surface area (Å²) in [6, 6.07) is 0. The zero-order valence-electron chi connectivity index (χ0n) is 14.4. The van der Waals surface area contributed by atoms with Crippen molar-refractivity contribution >= 4 is 11.7 Å². The molecule has 1 aliphatic rings. The van der Waals surface area contributed by atoms with E-state index in [2.05, 4.69) is 20.1 Å². The van der Waals surface area contributed by atoms with E-state index in [4.69, 9.17) is 15.0 Å². The number of nitrogen functional groups attached to an aromatic ring is 1. The number of morpholine rings is 1. The van der Waals surface area contributed by atoms with Gasteiger partial charge in [-0.05, 0) is 0 Å². The Labute approximate surface area is 145 Å². The quantitative estimate of drug-likeness (QED) is 0.854. The van der Waals surface area contributed by atoms with Crippen molar-refractivity contribution in [2.75, 3.05) is 25.4 Å². The summed E-state index contributed by atoms with van der Waals surface area (Å²) in [5, 5.41) is 3.91. The molecule has 2 aromatic heterocycles. The number of rotatable bonds is 5. The molecule has 25 heavy (non-hydrogen) atoms. The molecular weight excluding hydrogens is 324 g/mol. The third-order valence-corrected chi connectivity index (χ3v) is 4.03. The van der Waals surface area contributed by atoms with Crippen molar-refractivity contribution in [2.24, 2.45) is 0 Å². The molecule has 0 spiro atoms. The maximum atomic E-state index is 12.5. The molecule has 1 atom stereocenters. The second-order valence-corrected chi connectivity index (χ2v) is 6.23. The summed E-state index contributed by atoms with van der Waals surface area (Å²) in [4.78, 5) is 26.8. The van der Waals surface area contributed by atoms with Crippen LogP contribution in [0.15, 0.2) is 16.9 Å². The van der Waals surface area contributed by atoms with E-state index in [-0.39, 0.29) is 17.9 Å². The number of ether oxygens (including phenoxy) is 1. The van der Waals surface area contributed by atoms with Gasteiger partial charge in [0.2, 0.25) is 11.8 Å². The summed E-state index contributed by atoms with van der Waals surface area (Å²) in [5.41, 5.74) is 6.42. The minimum atomic E-state index is -0.359. The molecule has 0 unspecified atom stereocenters. The second-order valence-electron chi connectivity index (χ2n) is 6.23. The monoisotopic (exact) mass is 346 g/mol. The highest BCUT2D eigenvalue weighted by Gasteiger charge is 2.28. The van der Waals surface area contributed by atoms with E-state index in [1.807, 2.05) is 13.8 Å². The van der Waals surface area contributed by atoms with Crippen LogP contribution in [0.3, 0.4) is 0 Å². The van der Waals surface area contributed by atoms with E-state index >= 15 is 0 Å². The van der Waals surface area contributed by atoms with Gasteiger partial charge in [-0.25, -0.2) is 4.98 Å². The van der Waals surface area contributed by atoms with E-state index in [0.29, 0.717) is 55.8 Å². The second kappa shape index (κ2) is 7.56. The lowest BCUT2D eigenvalue weighted by Crippen LogP contribution is -2.42. The summed E-state index contributed by atoms with van der Waals surface area (Å²) < 4.78 is 10.9. The summed E-state index contributed by atoms with van der Waals surface area (Å²) in [5.74, 6) is 1.69. The molecule has 0 saturated carbocycles. The Balaban J connectivity index is 1.57. The number of carbonyl (C=O) groups is 1. The van der Waals surface area contributed by atoms with Gasteiger partial charge in [-0.15, -0.1) is 0 Å². The number of carbonyl (C=O) groups excluding carboxylic acids is 1. The summed E-state index contributed by atoms with van der Waals surface area (Å²) in [6.45, 7) is 5.36. The van der Waals surface area contributed by atoms with Crippen molar-refractivity contribution < 1.29 is 14.1 Å². The fourth-order valence-corrected chi connectivity index (χ4v) is 2.62. The molecule has 2 aromatic rings. The van der Waals surface area contributed by atoms with Crippen molar-refractivity contribution in [3.8, 4) is 0 Å². The Kier molecular flexibility index (Phi) is 5.22. The largest absolute Gasteiger partial charge is 0.382 e. The summed E-state index contributed by atoms with van der Waals surface area (Å²) in [7, 11) is 0. The number of hydrogen-bond donors (Lipinski definition) is 1. The van der Waals surface area contributed by atoms with Crippen LogP contribution in [-0.2, 0) is 16.0 Å². The van der Waals surface area contributed by atoms with Crippen LogP contribution in [0.1, 0.15) is 49.7 Å². The molecule has 1 amide bonds. The van der Waals surface area contributed by atoms with E-state index < -0.39 is 0 Å². The number of amides is 1. The molecule has 1 fully saturated rings. The lowest BCUT2D eigenvalue weighted by Gasteiger charge is -2.32. The molecule has 0 radical (unpaired) electrons. The molecule has 0 aliphatic carbocycles. The molecule has 2 N–H and O–H groups in total. The average molecular weight is 346 g/mol. The summed E-state index contributed by atoms with van der Waals surface area (Å²) >= 11 is 0. The molecule has 9 heteroatoms. The summed E-state index contributed by atoms with van der Waals surface area (Å²) in [6.07, 6.45) is 3.47. The molecule has 9 nitrogen and oxygen atoms in total. The van der Waals surface area contributed by atoms with Crippen molar-refractivity contribution in [1.29, 1.82) is 0 Å². The zero-order chi connectivity index (χ0) is 17.8. The molecule has 0 bridgehead atoms. The average Bonchev–Trinajstić information content (AvgIpc) is 3.09. The molecule has 3 heterocycles. The van der Waals surface area contributed by atoms with Crippen LogP contribution in [0.2, 0.25) is 0 Å². The first kappa shape index (κ1) is 17.3. The van der Waals surface area contributed by atoms with Gasteiger partial charge in [0, 0.05) is 37.7 Å². The number of nitrogens with zero attached hydrogens (tertiary/aromatic N) is 5. The fraction of sp³-hybridized carbons (Fsp3) is 0.562. The Morgan fingerprint density at radius 3 is 2.92 bits per heavy atom. The van der Waals surface area contributed by atoms with Gasteiger partial charge in [-0.3, -0.25) is 9.78 Å². The van der Waals surface area contributed by atoms with Crippen molar-refractivity contribution in [3.05, 3.63) is 29.8 Å². The van der Waals surface area contributed by atoms with E-state index in [9.17, 15) is 4.79 Å². The lowest BCUT2D eigenvalue weighted by atomic mass is 10.1. The Hall–Kier alpha value is -2.55. The van der Waals surface area contributed by atoms with Gasteiger partial charge >= 0.3 is 0 Å². The van der Waals surface area contributed by atoms with Gasteiger partial charge in [0.25, 0.3) is 0 Å². The van der Waals surface area contributed by atoms with Crippen molar-refractivity contribution in [1.82, 2.24) is 25.0 Å². The van der Waals surface area contributed by atoms with Crippen LogP contribution in [0.5, 0.6) is 0 Å². The first-order chi connectivity index (χ1) is 12.0. The number of hydrogen-bond acceptors (Lipinski definition) is 8. The van der Waals surface area contributed by atoms with Gasteiger partial charge in [-0.1, -0.05) is 19.0 Å². The first-order valence-electron chi connectivity index (χ1n) is 8.33. The van der Waals surface area contributed by atoms with Crippen molar-refractivity contribution in [2.45, 2.75) is 38.7 Å². The Morgan fingerprint density at radius 2 is 2.20 bits per heavy atom. The van der Waals surface area contributed by atoms with Crippen LogP contribution in [0.4, 0.5) is 5.82 Å². The maximum Gasteiger partial charge on any atom is 0.227 e. The highest BCUT2D eigenvalue weighted by atomic mass is 16.5. The third-order valence-electron chi connectivity index (χ3n) is 4.03. The van der Waals surface area contributed by atoms with Gasteiger partial charge in [0.05, 0.1) is 13.2 Å². The normalized spacial score (nSPS) is 17.9.